The Kier molecular flexibility index (Phi) is 5.95. The largest absolute Gasteiger partial charge is 0.487 e. The van der Waals surface area contributed by atoms with Crippen LogP contribution in [0.1, 0.15) is 27.2 Å². The maximum atomic E-state index is 11.2. The lowest BCUT2D eigenvalue weighted by Gasteiger charge is -2.18. The molecule has 0 unspecified atom stereocenters. The van der Waals surface area contributed by atoms with Gasteiger partial charge in [-0.2, -0.15) is 0 Å². The van der Waals surface area contributed by atoms with Gasteiger partial charge in [-0.05, 0) is 25.3 Å². The van der Waals surface area contributed by atoms with Gasteiger partial charge in [0.05, 0.1) is 11.5 Å². The average Bonchev–Trinajstić information content (AvgIpc) is 2.37. The number of nitrogens with one attached hydrogen (secondary N) is 1. The lowest BCUT2D eigenvalue weighted by atomic mass is 10.0. The summed E-state index contributed by atoms with van der Waals surface area (Å²) in [6.07, 6.45) is 0.455. The summed E-state index contributed by atoms with van der Waals surface area (Å²) < 4.78 is 5.23. The molecular weight excluding hydrogens is 276 g/mol. The molecule has 7 heteroatoms. The van der Waals surface area contributed by atoms with Crippen LogP contribution in [0.5, 0.6) is 5.75 Å². The van der Waals surface area contributed by atoms with Gasteiger partial charge in [0.15, 0.2) is 5.75 Å². The normalized spacial score (nSPS) is 12.0. The van der Waals surface area contributed by atoms with E-state index >= 15 is 0 Å². The molecule has 1 aromatic rings. The highest BCUT2D eigenvalue weighted by atomic mass is 16.6. The second-order valence-electron chi connectivity index (χ2n) is 5.04. The molecule has 0 amide bonds. The molecule has 0 bridgehead atoms. The summed E-state index contributed by atoms with van der Waals surface area (Å²) >= 11 is 0. The highest BCUT2D eigenvalue weighted by Crippen LogP contribution is 2.30. The molecule has 0 aliphatic heterocycles. The zero-order valence-corrected chi connectivity index (χ0v) is 12.3. The Morgan fingerprint density at radius 2 is 2.14 bits per heavy atom. The first-order valence-corrected chi connectivity index (χ1v) is 6.75. The first-order valence-electron chi connectivity index (χ1n) is 6.75. The number of carbonyl (C=O) groups is 1. The molecule has 116 valence electrons. The predicted octanol–water partition coefficient (Wildman–Crippen LogP) is 2.90. The third-order valence-electron chi connectivity index (χ3n) is 2.80. The van der Waals surface area contributed by atoms with Crippen LogP contribution in [-0.2, 0) is 4.79 Å². The molecule has 0 heterocycles. The Hall–Kier alpha value is -2.31. The molecule has 21 heavy (non-hydrogen) atoms. The van der Waals surface area contributed by atoms with Crippen molar-refractivity contribution < 1.29 is 19.6 Å². The number of rotatable bonds is 8. The van der Waals surface area contributed by atoms with E-state index in [4.69, 9.17) is 4.74 Å². The number of carboxylic acid groups (broad SMARTS) is 1. The van der Waals surface area contributed by atoms with E-state index < -0.39 is 16.9 Å². The molecule has 0 fully saturated rings. The molecule has 1 rings (SSSR count). The molecule has 2 N–H and O–H groups in total. The summed E-state index contributed by atoms with van der Waals surface area (Å²) in [7, 11) is 0. The first-order chi connectivity index (χ1) is 9.85. The van der Waals surface area contributed by atoms with Crippen LogP contribution < -0.4 is 10.1 Å². The Balaban J connectivity index is 2.99. The summed E-state index contributed by atoms with van der Waals surface area (Å²) in [6.45, 7) is 5.87. The highest BCUT2D eigenvalue weighted by Gasteiger charge is 2.21. The second kappa shape index (κ2) is 7.47. The number of ether oxygens (including phenoxy) is 1. The van der Waals surface area contributed by atoms with Crippen molar-refractivity contribution in [3.05, 3.63) is 28.3 Å². The highest BCUT2D eigenvalue weighted by molar-refractivity contribution is 5.77. The minimum absolute atomic E-state index is 0.126. The van der Waals surface area contributed by atoms with Gasteiger partial charge < -0.3 is 15.2 Å². The summed E-state index contributed by atoms with van der Waals surface area (Å²) in [5, 5.41) is 23.0. The van der Waals surface area contributed by atoms with Crippen LogP contribution in [0.4, 0.5) is 11.4 Å². The van der Waals surface area contributed by atoms with Gasteiger partial charge in [0, 0.05) is 17.8 Å². The fourth-order valence-electron chi connectivity index (χ4n) is 1.92. The van der Waals surface area contributed by atoms with Crippen molar-refractivity contribution in [2.75, 3.05) is 11.9 Å². The van der Waals surface area contributed by atoms with Gasteiger partial charge in [-0.3, -0.25) is 10.1 Å². The van der Waals surface area contributed by atoms with Crippen molar-refractivity contribution in [2.45, 2.75) is 33.2 Å². The van der Waals surface area contributed by atoms with Crippen LogP contribution in [0.15, 0.2) is 18.2 Å². The van der Waals surface area contributed by atoms with Crippen molar-refractivity contribution in [3.63, 3.8) is 0 Å². The summed E-state index contributed by atoms with van der Waals surface area (Å²) in [5.74, 6) is -0.621. The maximum Gasteiger partial charge on any atom is 0.326 e. The van der Waals surface area contributed by atoms with E-state index in [0.29, 0.717) is 18.7 Å². The van der Waals surface area contributed by atoms with Crippen LogP contribution in [0.2, 0.25) is 0 Å². The molecule has 0 spiro atoms. The minimum Gasteiger partial charge on any atom is -0.487 e. The van der Waals surface area contributed by atoms with Crippen LogP contribution in [0.3, 0.4) is 0 Å². The van der Waals surface area contributed by atoms with Crippen molar-refractivity contribution >= 4 is 17.3 Å². The number of carboxylic acids is 1. The van der Waals surface area contributed by atoms with Crippen molar-refractivity contribution in [1.29, 1.82) is 0 Å². The number of anilines is 1. The van der Waals surface area contributed by atoms with E-state index in [2.05, 4.69) is 5.32 Å². The summed E-state index contributed by atoms with van der Waals surface area (Å²) in [5.41, 5.74) is 0.343. The lowest BCUT2D eigenvalue weighted by molar-refractivity contribution is -0.385. The molecule has 0 aliphatic carbocycles. The van der Waals surface area contributed by atoms with E-state index in [9.17, 15) is 20.0 Å². The predicted molar refractivity (Wildman–Crippen MR) is 78.8 cm³/mol. The van der Waals surface area contributed by atoms with Crippen molar-refractivity contribution in [1.82, 2.24) is 0 Å². The smallest absolute Gasteiger partial charge is 0.326 e. The topological polar surface area (TPSA) is 102 Å². The zero-order chi connectivity index (χ0) is 16.0. The average molecular weight is 296 g/mol. The zero-order valence-electron chi connectivity index (χ0n) is 12.3. The molecule has 7 nitrogen and oxygen atoms in total. The van der Waals surface area contributed by atoms with Crippen LogP contribution >= 0.6 is 0 Å². The quantitative estimate of drug-likeness (QED) is 0.565. The summed E-state index contributed by atoms with van der Waals surface area (Å²) in [6, 6.07) is 3.50. The Labute approximate surface area is 123 Å². The third-order valence-corrected chi connectivity index (χ3v) is 2.80. The van der Waals surface area contributed by atoms with E-state index in [1.165, 1.54) is 18.2 Å². The maximum absolute atomic E-state index is 11.2. The van der Waals surface area contributed by atoms with E-state index in [-0.39, 0.29) is 17.4 Å². The fraction of sp³-hybridized carbons (Fsp3) is 0.500. The van der Waals surface area contributed by atoms with Crippen LogP contribution in [-0.4, -0.2) is 28.6 Å². The van der Waals surface area contributed by atoms with E-state index in [1.807, 2.05) is 13.8 Å². The minimum atomic E-state index is -0.958. The standard InChI is InChI=1S/C14H20N2O5/c1-4-21-13-8-10(5-6-12(13)16(19)20)15-11(14(17)18)7-9(2)3/h5-6,8-9,11,15H,4,7H2,1-3H3,(H,17,18)/t11-/m1/s1. The molecule has 1 aromatic carbocycles. The Morgan fingerprint density at radius 1 is 1.48 bits per heavy atom. The summed E-state index contributed by atoms with van der Waals surface area (Å²) in [4.78, 5) is 21.6. The second-order valence-corrected chi connectivity index (χ2v) is 5.04. The molecule has 0 saturated heterocycles. The van der Waals surface area contributed by atoms with Gasteiger partial charge in [0.1, 0.15) is 6.04 Å². The lowest BCUT2D eigenvalue weighted by Crippen LogP contribution is -2.30. The number of benzene rings is 1. The number of hydrogen-bond acceptors (Lipinski definition) is 5. The molecule has 0 saturated carbocycles. The number of nitrogens with zero attached hydrogens (tertiary/aromatic N) is 1. The number of aliphatic carboxylic acids is 1. The number of hydrogen-bond donors (Lipinski definition) is 2. The van der Waals surface area contributed by atoms with Gasteiger partial charge in [-0.1, -0.05) is 13.8 Å². The molecule has 0 radical (unpaired) electrons. The molecular formula is C14H20N2O5. The van der Waals surface area contributed by atoms with Gasteiger partial charge in [0.25, 0.3) is 0 Å². The van der Waals surface area contributed by atoms with Crippen LogP contribution in [0, 0.1) is 16.0 Å². The van der Waals surface area contributed by atoms with E-state index in [1.54, 1.807) is 6.92 Å². The number of nitro benzene ring substituents is 1. The third kappa shape index (κ3) is 4.94. The van der Waals surface area contributed by atoms with Crippen molar-refractivity contribution in [2.24, 2.45) is 5.92 Å². The van der Waals surface area contributed by atoms with Gasteiger partial charge in [0.2, 0.25) is 0 Å². The Morgan fingerprint density at radius 3 is 2.62 bits per heavy atom. The first kappa shape index (κ1) is 16.7. The Bertz CT molecular complexity index is 516. The molecule has 1 atom stereocenters. The molecule has 0 aliphatic rings. The van der Waals surface area contributed by atoms with Gasteiger partial charge >= 0.3 is 11.7 Å². The monoisotopic (exact) mass is 296 g/mol. The number of nitro groups is 1. The van der Waals surface area contributed by atoms with E-state index in [0.717, 1.165) is 0 Å². The van der Waals surface area contributed by atoms with Gasteiger partial charge in [-0.15, -0.1) is 0 Å². The molecule has 0 aromatic heterocycles. The SMILES string of the molecule is CCOc1cc(N[C@H](CC(C)C)C(=O)O)ccc1[N+](=O)[O-]. The fourth-order valence-corrected chi connectivity index (χ4v) is 1.92. The van der Waals surface area contributed by atoms with Crippen LogP contribution in [0.25, 0.3) is 0 Å². The van der Waals surface area contributed by atoms with Crippen molar-refractivity contribution in [3.8, 4) is 5.75 Å². The van der Waals surface area contributed by atoms with Gasteiger partial charge in [-0.25, -0.2) is 4.79 Å².